The van der Waals surface area contributed by atoms with Crippen molar-refractivity contribution in [2.75, 3.05) is 20.3 Å². The van der Waals surface area contributed by atoms with Gasteiger partial charge in [0.15, 0.2) is 0 Å². The van der Waals surface area contributed by atoms with Crippen molar-refractivity contribution < 1.29 is 32.5 Å². The molecule has 0 fully saturated rings. The first-order valence-corrected chi connectivity index (χ1v) is 12.4. The minimum absolute atomic E-state index is 0.0149. The summed E-state index contributed by atoms with van der Waals surface area (Å²) in [4.78, 5) is 11.8. The number of benzene rings is 3. The van der Waals surface area contributed by atoms with Gasteiger partial charge in [0.05, 0.1) is 12.7 Å². The molecule has 9 heteroatoms. The van der Waals surface area contributed by atoms with Gasteiger partial charge < -0.3 is 19.9 Å². The normalized spacial score (nSPS) is 12.5. The van der Waals surface area contributed by atoms with E-state index < -0.39 is 17.7 Å². The van der Waals surface area contributed by atoms with Crippen molar-refractivity contribution >= 4 is 27.4 Å². The highest BCUT2D eigenvalue weighted by Gasteiger charge is 2.32. The summed E-state index contributed by atoms with van der Waals surface area (Å²) in [6, 6.07) is 16.4. The van der Waals surface area contributed by atoms with E-state index >= 15 is 0 Å². The molecule has 0 saturated carbocycles. The van der Waals surface area contributed by atoms with Crippen LogP contribution in [0.5, 0.6) is 11.5 Å². The first-order chi connectivity index (χ1) is 17.6. The van der Waals surface area contributed by atoms with E-state index in [-0.39, 0.29) is 23.3 Å². The molecule has 4 aromatic rings. The Kier molecular flexibility index (Phi) is 7.75. The van der Waals surface area contributed by atoms with E-state index in [4.69, 9.17) is 9.47 Å². The van der Waals surface area contributed by atoms with Crippen LogP contribution in [0.15, 0.2) is 60.7 Å². The van der Waals surface area contributed by atoms with E-state index in [1.54, 1.807) is 38.3 Å². The third-order valence-electron chi connectivity index (χ3n) is 6.12. The number of hydrogen-bond acceptors (Lipinski definition) is 5. The Balaban J connectivity index is 1.57. The fraction of sp³-hybridized carbons (Fsp3) is 0.250. The number of hydrogen-bond donors (Lipinski definition) is 2. The molecule has 4 rings (SSSR count). The van der Waals surface area contributed by atoms with Gasteiger partial charge in [-0.05, 0) is 71.8 Å². The third-order valence-corrected chi connectivity index (χ3v) is 7.45. The van der Waals surface area contributed by atoms with Gasteiger partial charge >= 0.3 is 12.1 Å². The number of rotatable bonds is 9. The number of carboxylic acids is 1. The molecular weight excluding hydrogens is 503 g/mol. The van der Waals surface area contributed by atoms with E-state index in [1.165, 1.54) is 0 Å². The largest absolute Gasteiger partial charge is 0.497 e. The Bertz CT molecular complexity index is 1430. The fourth-order valence-corrected chi connectivity index (χ4v) is 5.33. The number of carboxylic acid groups (broad SMARTS) is 1. The molecule has 37 heavy (non-hydrogen) atoms. The van der Waals surface area contributed by atoms with Crippen molar-refractivity contribution in [2.45, 2.75) is 26.1 Å². The van der Waals surface area contributed by atoms with Crippen molar-refractivity contribution in [1.82, 2.24) is 5.32 Å². The van der Waals surface area contributed by atoms with Crippen molar-refractivity contribution in [3.8, 4) is 22.6 Å². The van der Waals surface area contributed by atoms with Gasteiger partial charge in [-0.1, -0.05) is 30.3 Å². The van der Waals surface area contributed by atoms with Crippen LogP contribution in [0.4, 0.5) is 13.2 Å². The highest BCUT2D eigenvalue weighted by atomic mass is 32.1. The Morgan fingerprint density at radius 3 is 2.54 bits per heavy atom. The quantitative estimate of drug-likeness (QED) is 0.222. The van der Waals surface area contributed by atoms with Crippen LogP contribution in [0.3, 0.4) is 0 Å². The number of aryl methyl sites for hydroxylation is 1. The smallest absolute Gasteiger partial charge is 0.416 e. The maximum atomic E-state index is 13.7. The summed E-state index contributed by atoms with van der Waals surface area (Å²) in [5.74, 6) is -0.233. The molecule has 0 bridgehead atoms. The van der Waals surface area contributed by atoms with Crippen LogP contribution >= 0.6 is 11.3 Å². The lowest BCUT2D eigenvalue weighted by Crippen LogP contribution is -2.24. The van der Waals surface area contributed by atoms with E-state index in [0.717, 1.165) is 34.8 Å². The Hall–Kier alpha value is -3.56. The van der Waals surface area contributed by atoms with Crippen LogP contribution in [0, 0.1) is 6.92 Å². The SMILES string of the molecule is COc1cccc(C(C)NCCOc2cc(-c3cccc4c(C)c(C(=O)O)sc34)cc(C(F)(F)F)c2)c1. The minimum atomic E-state index is -4.57. The number of alkyl halides is 3. The molecule has 3 aromatic carbocycles. The Morgan fingerprint density at radius 1 is 1.08 bits per heavy atom. The third kappa shape index (κ3) is 5.89. The topological polar surface area (TPSA) is 67.8 Å². The molecule has 0 spiro atoms. The Morgan fingerprint density at radius 2 is 1.84 bits per heavy atom. The maximum Gasteiger partial charge on any atom is 0.416 e. The molecule has 5 nitrogen and oxygen atoms in total. The molecule has 0 aliphatic carbocycles. The fourth-order valence-electron chi connectivity index (χ4n) is 4.15. The summed E-state index contributed by atoms with van der Waals surface area (Å²) >= 11 is 1.06. The summed E-state index contributed by atoms with van der Waals surface area (Å²) in [7, 11) is 1.60. The monoisotopic (exact) mass is 529 g/mol. The number of nitrogens with one attached hydrogen (secondary N) is 1. The lowest BCUT2D eigenvalue weighted by molar-refractivity contribution is -0.137. The van der Waals surface area contributed by atoms with E-state index in [2.05, 4.69) is 5.32 Å². The van der Waals surface area contributed by atoms with E-state index in [1.807, 2.05) is 31.2 Å². The second-order valence-corrected chi connectivity index (χ2v) is 9.61. The van der Waals surface area contributed by atoms with E-state index in [9.17, 15) is 23.1 Å². The van der Waals surface area contributed by atoms with Crippen molar-refractivity contribution in [3.63, 3.8) is 0 Å². The molecule has 0 saturated heterocycles. The van der Waals surface area contributed by atoms with Gasteiger partial charge in [-0.3, -0.25) is 0 Å². The number of thiophene rings is 1. The molecule has 0 aliphatic rings. The average Bonchev–Trinajstić information content (AvgIpc) is 3.22. The molecule has 0 radical (unpaired) electrons. The lowest BCUT2D eigenvalue weighted by Gasteiger charge is -2.17. The zero-order valence-electron chi connectivity index (χ0n) is 20.5. The number of halogens is 3. The number of carbonyl (C=O) groups is 1. The standard InChI is InChI=1S/C28H26F3NO4S/c1-16-23-8-5-9-24(26(23)37-25(16)27(33)34)19-12-20(28(29,30)31)15-22(14-19)36-11-10-32-17(2)18-6-4-7-21(13-18)35-3/h4-9,12-15,17,32H,10-11H2,1-3H3,(H,33,34). The number of fused-ring (bicyclic) bond motifs is 1. The molecule has 1 heterocycles. The molecule has 0 amide bonds. The molecule has 1 unspecified atom stereocenters. The van der Waals surface area contributed by atoms with Gasteiger partial charge in [-0.2, -0.15) is 13.2 Å². The zero-order chi connectivity index (χ0) is 26.7. The summed E-state index contributed by atoms with van der Waals surface area (Å²) < 4.78 is 52.8. The van der Waals surface area contributed by atoms with Crippen molar-refractivity contribution in [3.05, 3.63) is 82.2 Å². The molecular formula is C28H26F3NO4S. The highest BCUT2D eigenvalue weighted by molar-refractivity contribution is 7.21. The van der Waals surface area contributed by atoms with Crippen LogP contribution < -0.4 is 14.8 Å². The number of aromatic carboxylic acids is 1. The van der Waals surface area contributed by atoms with Crippen LogP contribution in [-0.4, -0.2) is 31.3 Å². The molecule has 194 valence electrons. The van der Waals surface area contributed by atoms with Crippen LogP contribution in [0.1, 0.15) is 39.3 Å². The predicted octanol–water partition coefficient (Wildman–Crippen LogP) is 7.33. The van der Waals surface area contributed by atoms with Crippen molar-refractivity contribution in [2.24, 2.45) is 0 Å². The Labute approximate surface area is 216 Å². The van der Waals surface area contributed by atoms with Crippen LogP contribution in [0.25, 0.3) is 21.2 Å². The second-order valence-electron chi connectivity index (χ2n) is 8.59. The van der Waals surface area contributed by atoms with E-state index in [0.29, 0.717) is 33.3 Å². The summed E-state index contributed by atoms with van der Waals surface area (Å²) in [5.41, 5.74) is 1.61. The molecule has 0 aliphatic heterocycles. The van der Waals surface area contributed by atoms with Gasteiger partial charge in [-0.25, -0.2) is 4.79 Å². The van der Waals surface area contributed by atoms with Crippen LogP contribution in [0.2, 0.25) is 0 Å². The first-order valence-electron chi connectivity index (χ1n) is 11.6. The summed E-state index contributed by atoms with van der Waals surface area (Å²) in [5, 5.41) is 13.5. The minimum Gasteiger partial charge on any atom is -0.497 e. The second kappa shape index (κ2) is 10.8. The lowest BCUT2D eigenvalue weighted by atomic mass is 10.00. The van der Waals surface area contributed by atoms with Gasteiger partial charge in [-0.15, -0.1) is 11.3 Å². The molecule has 2 N–H and O–H groups in total. The number of methoxy groups -OCH3 is 1. The number of ether oxygens (including phenoxy) is 2. The highest BCUT2D eigenvalue weighted by Crippen LogP contribution is 2.41. The van der Waals surface area contributed by atoms with Crippen molar-refractivity contribution in [1.29, 1.82) is 0 Å². The molecule has 1 aromatic heterocycles. The average molecular weight is 530 g/mol. The summed E-state index contributed by atoms with van der Waals surface area (Å²) in [6.07, 6.45) is -4.57. The maximum absolute atomic E-state index is 13.7. The van der Waals surface area contributed by atoms with Gasteiger partial charge in [0, 0.05) is 17.3 Å². The summed E-state index contributed by atoms with van der Waals surface area (Å²) in [6.45, 7) is 4.24. The van der Waals surface area contributed by atoms with Crippen LogP contribution in [-0.2, 0) is 6.18 Å². The molecule has 1 atom stereocenters. The van der Waals surface area contributed by atoms with Gasteiger partial charge in [0.1, 0.15) is 23.0 Å². The van der Waals surface area contributed by atoms with Gasteiger partial charge in [0.2, 0.25) is 0 Å². The zero-order valence-corrected chi connectivity index (χ0v) is 21.3. The predicted molar refractivity (Wildman–Crippen MR) is 139 cm³/mol. The van der Waals surface area contributed by atoms with Gasteiger partial charge in [0.25, 0.3) is 0 Å². The first kappa shape index (κ1) is 26.5.